The molecule has 20 heavy (non-hydrogen) atoms. The lowest BCUT2D eigenvalue weighted by molar-refractivity contribution is 0.181. The second kappa shape index (κ2) is 6.51. The number of ether oxygens (including phenoxy) is 2. The molecular weight excluding hydrogens is 390 g/mol. The SMILES string of the molecule is COCc1nc(-c2ccc(OC)c(Br)c2)nc(N)c1Br. The summed E-state index contributed by atoms with van der Waals surface area (Å²) in [6.07, 6.45) is 0. The Hall–Kier alpha value is -1.18. The maximum atomic E-state index is 5.89. The molecule has 0 spiro atoms. The zero-order chi connectivity index (χ0) is 14.7. The molecule has 0 fully saturated rings. The zero-order valence-electron chi connectivity index (χ0n) is 11.0. The number of nitrogens with two attached hydrogens (primary N) is 1. The largest absolute Gasteiger partial charge is 0.496 e. The molecule has 1 aromatic heterocycles. The number of benzene rings is 1. The van der Waals surface area contributed by atoms with Gasteiger partial charge in [0.15, 0.2) is 5.82 Å². The van der Waals surface area contributed by atoms with Gasteiger partial charge in [0.2, 0.25) is 0 Å². The fourth-order valence-electron chi connectivity index (χ4n) is 1.68. The quantitative estimate of drug-likeness (QED) is 0.848. The first-order valence-electron chi connectivity index (χ1n) is 5.71. The normalized spacial score (nSPS) is 10.6. The van der Waals surface area contributed by atoms with Crippen LogP contribution >= 0.6 is 31.9 Å². The van der Waals surface area contributed by atoms with Crippen LogP contribution in [-0.2, 0) is 11.3 Å². The Morgan fingerprint density at radius 2 is 1.95 bits per heavy atom. The maximum Gasteiger partial charge on any atom is 0.161 e. The van der Waals surface area contributed by atoms with Crippen LogP contribution in [0.3, 0.4) is 0 Å². The van der Waals surface area contributed by atoms with Crippen molar-refractivity contribution in [2.45, 2.75) is 6.61 Å². The summed E-state index contributed by atoms with van der Waals surface area (Å²) in [7, 11) is 3.22. The molecule has 2 aromatic rings. The minimum atomic E-state index is 0.359. The molecule has 0 aliphatic rings. The lowest BCUT2D eigenvalue weighted by atomic mass is 10.2. The van der Waals surface area contributed by atoms with Crippen LogP contribution in [-0.4, -0.2) is 24.2 Å². The molecule has 0 aliphatic heterocycles. The van der Waals surface area contributed by atoms with E-state index in [0.29, 0.717) is 28.4 Å². The highest BCUT2D eigenvalue weighted by Gasteiger charge is 2.12. The van der Waals surface area contributed by atoms with Gasteiger partial charge in [-0.1, -0.05) is 0 Å². The Bertz CT molecular complexity index is 635. The molecule has 5 nitrogen and oxygen atoms in total. The molecule has 0 saturated carbocycles. The average Bonchev–Trinajstić information content (AvgIpc) is 2.43. The second-order valence-electron chi connectivity index (χ2n) is 3.98. The molecule has 0 aliphatic carbocycles. The highest BCUT2D eigenvalue weighted by atomic mass is 79.9. The molecule has 7 heteroatoms. The lowest BCUT2D eigenvalue weighted by Crippen LogP contribution is -2.04. The summed E-state index contributed by atoms with van der Waals surface area (Å²) in [4.78, 5) is 8.75. The van der Waals surface area contributed by atoms with Gasteiger partial charge < -0.3 is 15.2 Å². The van der Waals surface area contributed by atoms with Crippen molar-refractivity contribution in [2.24, 2.45) is 0 Å². The fraction of sp³-hybridized carbons (Fsp3) is 0.231. The van der Waals surface area contributed by atoms with E-state index >= 15 is 0 Å². The van der Waals surface area contributed by atoms with E-state index in [9.17, 15) is 0 Å². The molecule has 0 radical (unpaired) electrons. The monoisotopic (exact) mass is 401 g/mol. The molecule has 0 atom stereocenters. The van der Waals surface area contributed by atoms with Gasteiger partial charge in [0, 0.05) is 12.7 Å². The van der Waals surface area contributed by atoms with E-state index in [2.05, 4.69) is 41.8 Å². The highest BCUT2D eigenvalue weighted by molar-refractivity contribution is 9.11. The van der Waals surface area contributed by atoms with Crippen LogP contribution in [0.25, 0.3) is 11.4 Å². The van der Waals surface area contributed by atoms with Gasteiger partial charge in [-0.05, 0) is 50.1 Å². The van der Waals surface area contributed by atoms with Crippen LogP contribution in [0.2, 0.25) is 0 Å². The van der Waals surface area contributed by atoms with Crippen molar-refractivity contribution in [3.05, 3.63) is 32.8 Å². The smallest absolute Gasteiger partial charge is 0.161 e. The summed E-state index contributed by atoms with van der Waals surface area (Å²) in [6.45, 7) is 0.359. The third-order valence-corrected chi connectivity index (χ3v) is 4.12. The molecule has 106 valence electrons. The number of rotatable bonds is 4. The minimum absolute atomic E-state index is 0.359. The molecule has 0 unspecified atom stereocenters. The van der Waals surface area contributed by atoms with E-state index in [1.165, 1.54) is 0 Å². The van der Waals surface area contributed by atoms with E-state index in [1.807, 2.05) is 18.2 Å². The predicted molar refractivity (Wildman–Crippen MR) is 84.5 cm³/mol. The molecule has 2 rings (SSSR count). The van der Waals surface area contributed by atoms with Crippen molar-refractivity contribution < 1.29 is 9.47 Å². The topological polar surface area (TPSA) is 70.3 Å². The molecule has 1 aromatic carbocycles. The van der Waals surface area contributed by atoms with Crippen molar-refractivity contribution in [3.8, 4) is 17.1 Å². The summed E-state index contributed by atoms with van der Waals surface area (Å²) < 4.78 is 11.8. The number of hydrogen-bond donors (Lipinski definition) is 1. The second-order valence-corrected chi connectivity index (χ2v) is 5.62. The summed E-state index contributed by atoms with van der Waals surface area (Å²) in [5.41, 5.74) is 7.45. The molecule has 0 amide bonds. The first kappa shape index (κ1) is 15.2. The van der Waals surface area contributed by atoms with Crippen molar-refractivity contribution in [2.75, 3.05) is 20.0 Å². The van der Waals surface area contributed by atoms with E-state index in [0.717, 1.165) is 15.8 Å². The van der Waals surface area contributed by atoms with Gasteiger partial charge >= 0.3 is 0 Å². The Kier molecular flexibility index (Phi) is 4.95. The van der Waals surface area contributed by atoms with Gasteiger partial charge in [-0.15, -0.1) is 0 Å². The van der Waals surface area contributed by atoms with E-state index in [1.54, 1.807) is 14.2 Å². The minimum Gasteiger partial charge on any atom is -0.496 e. The molecule has 0 saturated heterocycles. The number of nitrogens with zero attached hydrogens (tertiary/aromatic N) is 2. The average molecular weight is 403 g/mol. The molecule has 1 heterocycles. The van der Waals surface area contributed by atoms with Gasteiger partial charge in [-0.25, -0.2) is 9.97 Å². The first-order valence-corrected chi connectivity index (χ1v) is 7.30. The highest BCUT2D eigenvalue weighted by Crippen LogP contribution is 2.31. The van der Waals surface area contributed by atoms with E-state index in [4.69, 9.17) is 15.2 Å². The number of anilines is 1. The number of methoxy groups -OCH3 is 2. The molecular formula is C13H13Br2N3O2. The van der Waals surface area contributed by atoms with Crippen LogP contribution in [0.1, 0.15) is 5.69 Å². The summed E-state index contributed by atoms with van der Waals surface area (Å²) in [5.74, 6) is 1.67. The third kappa shape index (κ3) is 3.11. The summed E-state index contributed by atoms with van der Waals surface area (Å²) >= 11 is 6.81. The Balaban J connectivity index is 2.49. The summed E-state index contributed by atoms with van der Waals surface area (Å²) in [6, 6.07) is 5.61. The van der Waals surface area contributed by atoms with Crippen LogP contribution in [0.5, 0.6) is 5.75 Å². The lowest BCUT2D eigenvalue weighted by Gasteiger charge is -2.10. The maximum absolute atomic E-state index is 5.89. The van der Waals surface area contributed by atoms with E-state index < -0.39 is 0 Å². The number of nitrogen functional groups attached to an aromatic ring is 1. The van der Waals surface area contributed by atoms with Crippen molar-refractivity contribution in [1.29, 1.82) is 0 Å². The van der Waals surface area contributed by atoms with Gasteiger partial charge in [-0.3, -0.25) is 0 Å². The van der Waals surface area contributed by atoms with Crippen LogP contribution in [0, 0.1) is 0 Å². The van der Waals surface area contributed by atoms with E-state index in [-0.39, 0.29) is 0 Å². The number of aromatic nitrogens is 2. The van der Waals surface area contributed by atoms with Crippen molar-refractivity contribution in [3.63, 3.8) is 0 Å². The van der Waals surface area contributed by atoms with Crippen molar-refractivity contribution in [1.82, 2.24) is 9.97 Å². The van der Waals surface area contributed by atoms with Gasteiger partial charge in [-0.2, -0.15) is 0 Å². The van der Waals surface area contributed by atoms with Gasteiger partial charge in [0.1, 0.15) is 11.6 Å². The fourth-order valence-corrected chi connectivity index (χ4v) is 2.51. The third-order valence-electron chi connectivity index (χ3n) is 2.64. The molecule has 0 bridgehead atoms. The Labute approximate surface area is 133 Å². The van der Waals surface area contributed by atoms with Crippen LogP contribution in [0.4, 0.5) is 5.82 Å². The Morgan fingerprint density at radius 1 is 1.20 bits per heavy atom. The van der Waals surface area contributed by atoms with Gasteiger partial charge in [0.05, 0.1) is 28.4 Å². The zero-order valence-corrected chi connectivity index (χ0v) is 14.2. The standard InChI is InChI=1S/C13H13Br2N3O2/c1-19-6-9-11(15)12(16)18-13(17-9)7-3-4-10(20-2)8(14)5-7/h3-5H,6H2,1-2H3,(H2,16,17,18). The van der Waals surface area contributed by atoms with Crippen LogP contribution < -0.4 is 10.5 Å². The predicted octanol–water partition coefficient (Wildman–Crippen LogP) is 3.41. The van der Waals surface area contributed by atoms with Crippen LogP contribution in [0.15, 0.2) is 27.1 Å². The number of halogens is 2. The van der Waals surface area contributed by atoms with Gasteiger partial charge in [0.25, 0.3) is 0 Å². The number of hydrogen-bond acceptors (Lipinski definition) is 5. The van der Waals surface area contributed by atoms with Crippen molar-refractivity contribution >= 4 is 37.7 Å². The first-order chi connectivity index (χ1) is 9.56. The molecule has 2 N–H and O–H groups in total. The Morgan fingerprint density at radius 3 is 2.55 bits per heavy atom. The summed E-state index contributed by atoms with van der Waals surface area (Å²) in [5, 5.41) is 0.